The van der Waals surface area contributed by atoms with Crippen molar-refractivity contribution in [3.8, 4) is 0 Å². The largest absolute Gasteiger partial charge is 0.399 e. The Labute approximate surface area is 115 Å². The normalized spacial score (nSPS) is 12.6. The van der Waals surface area contributed by atoms with Crippen LogP contribution in [0.25, 0.3) is 0 Å². The summed E-state index contributed by atoms with van der Waals surface area (Å²) in [4.78, 5) is 2.38. The van der Waals surface area contributed by atoms with E-state index in [1.165, 1.54) is 11.1 Å². The molecular formula is C17H22N2. The van der Waals surface area contributed by atoms with E-state index in [4.69, 9.17) is 5.73 Å². The number of hydrogen-bond acceptors (Lipinski definition) is 2. The van der Waals surface area contributed by atoms with Crippen LogP contribution in [-0.2, 0) is 13.0 Å². The van der Waals surface area contributed by atoms with E-state index in [0.717, 1.165) is 18.7 Å². The predicted octanol–water partition coefficient (Wildman–Crippen LogP) is 3.33. The van der Waals surface area contributed by atoms with Crippen molar-refractivity contribution in [2.24, 2.45) is 0 Å². The van der Waals surface area contributed by atoms with Gasteiger partial charge in [0.05, 0.1) is 0 Å². The molecule has 0 aromatic heterocycles. The van der Waals surface area contributed by atoms with Gasteiger partial charge < -0.3 is 5.73 Å². The molecule has 19 heavy (non-hydrogen) atoms. The number of rotatable bonds is 5. The minimum absolute atomic E-state index is 0.504. The Morgan fingerprint density at radius 1 is 0.947 bits per heavy atom. The topological polar surface area (TPSA) is 29.3 Å². The summed E-state index contributed by atoms with van der Waals surface area (Å²) in [6, 6.07) is 19.3. The summed E-state index contributed by atoms with van der Waals surface area (Å²) >= 11 is 0. The minimum atomic E-state index is 0.504. The Kier molecular flexibility index (Phi) is 4.58. The van der Waals surface area contributed by atoms with Gasteiger partial charge in [-0.1, -0.05) is 42.5 Å². The molecule has 0 amide bonds. The molecule has 0 saturated heterocycles. The first kappa shape index (κ1) is 13.6. The summed E-state index contributed by atoms with van der Waals surface area (Å²) in [5.41, 5.74) is 9.23. The lowest BCUT2D eigenvalue weighted by Crippen LogP contribution is -2.30. The number of nitrogen functional groups attached to an aromatic ring is 1. The highest BCUT2D eigenvalue weighted by atomic mass is 15.1. The molecule has 0 spiro atoms. The number of nitrogens with zero attached hydrogens (tertiary/aromatic N) is 1. The van der Waals surface area contributed by atoms with Gasteiger partial charge in [-0.2, -0.15) is 0 Å². The number of nitrogens with two attached hydrogens (primary N) is 1. The van der Waals surface area contributed by atoms with Crippen LogP contribution in [0.5, 0.6) is 0 Å². The van der Waals surface area contributed by atoms with Crippen molar-refractivity contribution in [2.45, 2.75) is 25.9 Å². The third-order valence-corrected chi connectivity index (χ3v) is 3.54. The van der Waals surface area contributed by atoms with E-state index in [2.05, 4.69) is 61.3 Å². The predicted molar refractivity (Wildman–Crippen MR) is 81.9 cm³/mol. The smallest absolute Gasteiger partial charge is 0.0314 e. The van der Waals surface area contributed by atoms with Gasteiger partial charge in [0.25, 0.3) is 0 Å². The molecule has 0 radical (unpaired) electrons. The van der Waals surface area contributed by atoms with Crippen molar-refractivity contribution < 1.29 is 0 Å². The molecule has 100 valence electrons. The van der Waals surface area contributed by atoms with Crippen molar-refractivity contribution in [3.05, 3.63) is 65.7 Å². The zero-order valence-corrected chi connectivity index (χ0v) is 11.7. The van der Waals surface area contributed by atoms with E-state index in [1.807, 2.05) is 12.1 Å². The van der Waals surface area contributed by atoms with Gasteiger partial charge in [-0.05, 0) is 43.7 Å². The Hall–Kier alpha value is -1.80. The van der Waals surface area contributed by atoms with Crippen molar-refractivity contribution in [2.75, 3.05) is 12.8 Å². The van der Waals surface area contributed by atoms with Gasteiger partial charge in [0, 0.05) is 18.3 Å². The van der Waals surface area contributed by atoms with E-state index in [9.17, 15) is 0 Å². The van der Waals surface area contributed by atoms with Crippen LogP contribution >= 0.6 is 0 Å². The number of hydrogen-bond donors (Lipinski definition) is 1. The maximum atomic E-state index is 5.71. The molecule has 2 heteroatoms. The fourth-order valence-electron chi connectivity index (χ4n) is 2.18. The maximum Gasteiger partial charge on any atom is 0.0314 e. The van der Waals surface area contributed by atoms with Gasteiger partial charge in [0.15, 0.2) is 0 Å². The molecular weight excluding hydrogens is 232 g/mol. The Morgan fingerprint density at radius 3 is 2.21 bits per heavy atom. The van der Waals surface area contributed by atoms with E-state index in [0.29, 0.717) is 6.04 Å². The minimum Gasteiger partial charge on any atom is -0.399 e. The zero-order valence-electron chi connectivity index (χ0n) is 11.7. The molecule has 0 aliphatic carbocycles. The summed E-state index contributed by atoms with van der Waals surface area (Å²) < 4.78 is 0. The highest BCUT2D eigenvalue weighted by Crippen LogP contribution is 2.12. The van der Waals surface area contributed by atoms with Crippen molar-refractivity contribution >= 4 is 5.69 Å². The van der Waals surface area contributed by atoms with Crippen LogP contribution in [0.3, 0.4) is 0 Å². The Bertz CT molecular complexity index is 490. The Morgan fingerprint density at radius 2 is 1.58 bits per heavy atom. The molecule has 0 aliphatic heterocycles. The highest BCUT2D eigenvalue weighted by molar-refractivity contribution is 5.39. The van der Waals surface area contributed by atoms with Gasteiger partial charge in [-0.15, -0.1) is 0 Å². The molecule has 0 bridgehead atoms. The molecule has 2 aromatic carbocycles. The van der Waals surface area contributed by atoms with E-state index in [1.54, 1.807) is 0 Å². The zero-order chi connectivity index (χ0) is 13.7. The van der Waals surface area contributed by atoms with Crippen molar-refractivity contribution in [3.63, 3.8) is 0 Å². The maximum absolute atomic E-state index is 5.71. The summed E-state index contributed by atoms with van der Waals surface area (Å²) in [7, 11) is 2.18. The second kappa shape index (κ2) is 6.39. The standard InChI is InChI=1S/C17H22N2/c1-14(12-15-8-10-17(18)11-9-15)19(2)13-16-6-4-3-5-7-16/h3-11,14H,12-13,18H2,1-2H3. The van der Waals surface area contributed by atoms with E-state index >= 15 is 0 Å². The van der Waals surface area contributed by atoms with Crippen LogP contribution in [0.4, 0.5) is 5.69 Å². The first-order valence-electron chi connectivity index (χ1n) is 6.74. The Balaban J connectivity index is 1.92. The molecule has 2 N–H and O–H groups in total. The number of anilines is 1. The fraction of sp³-hybridized carbons (Fsp3) is 0.294. The van der Waals surface area contributed by atoms with Gasteiger partial charge >= 0.3 is 0 Å². The molecule has 2 nitrogen and oxygen atoms in total. The van der Waals surface area contributed by atoms with Gasteiger partial charge in [-0.25, -0.2) is 0 Å². The molecule has 0 aliphatic rings. The van der Waals surface area contributed by atoms with E-state index in [-0.39, 0.29) is 0 Å². The molecule has 2 aromatic rings. The average molecular weight is 254 g/mol. The molecule has 0 fully saturated rings. The molecule has 0 saturated carbocycles. The second-order valence-corrected chi connectivity index (χ2v) is 5.20. The third-order valence-electron chi connectivity index (χ3n) is 3.54. The fourth-order valence-corrected chi connectivity index (χ4v) is 2.18. The van der Waals surface area contributed by atoms with Crippen LogP contribution in [0.1, 0.15) is 18.1 Å². The van der Waals surface area contributed by atoms with E-state index < -0.39 is 0 Å². The summed E-state index contributed by atoms with van der Waals surface area (Å²) in [6.07, 6.45) is 1.05. The van der Waals surface area contributed by atoms with Crippen LogP contribution in [0, 0.1) is 0 Å². The summed E-state index contributed by atoms with van der Waals surface area (Å²) in [5.74, 6) is 0. The molecule has 0 heterocycles. The summed E-state index contributed by atoms with van der Waals surface area (Å²) in [5, 5.41) is 0. The van der Waals surface area contributed by atoms with Crippen molar-refractivity contribution in [1.29, 1.82) is 0 Å². The quantitative estimate of drug-likeness (QED) is 0.829. The van der Waals surface area contributed by atoms with Crippen LogP contribution in [0.2, 0.25) is 0 Å². The molecule has 2 rings (SSSR count). The number of likely N-dealkylation sites (N-methyl/N-ethyl adjacent to an activating group) is 1. The first-order valence-corrected chi connectivity index (χ1v) is 6.74. The average Bonchev–Trinajstić information content (AvgIpc) is 2.42. The van der Waals surface area contributed by atoms with Gasteiger partial charge in [0.2, 0.25) is 0 Å². The lowest BCUT2D eigenvalue weighted by atomic mass is 10.1. The van der Waals surface area contributed by atoms with Crippen molar-refractivity contribution in [1.82, 2.24) is 4.90 Å². The third kappa shape index (κ3) is 4.11. The van der Waals surface area contributed by atoms with Gasteiger partial charge in [0.1, 0.15) is 0 Å². The van der Waals surface area contributed by atoms with Crippen LogP contribution < -0.4 is 5.73 Å². The van der Waals surface area contributed by atoms with Gasteiger partial charge in [-0.3, -0.25) is 4.90 Å². The van der Waals surface area contributed by atoms with Crippen LogP contribution in [-0.4, -0.2) is 18.0 Å². The first-order chi connectivity index (χ1) is 9.15. The SMILES string of the molecule is CC(Cc1ccc(N)cc1)N(C)Cc1ccccc1. The highest BCUT2D eigenvalue weighted by Gasteiger charge is 2.10. The number of benzene rings is 2. The van der Waals surface area contributed by atoms with Crippen LogP contribution in [0.15, 0.2) is 54.6 Å². The lowest BCUT2D eigenvalue weighted by Gasteiger charge is -2.25. The summed E-state index contributed by atoms with van der Waals surface area (Å²) in [6.45, 7) is 3.25. The molecule has 1 unspecified atom stereocenters. The molecule has 1 atom stereocenters. The monoisotopic (exact) mass is 254 g/mol. The lowest BCUT2D eigenvalue weighted by molar-refractivity contribution is 0.248. The second-order valence-electron chi connectivity index (χ2n) is 5.20.